The molecule has 0 spiro atoms. The van der Waals surface area contributed by atoms with E-state index in [1.807, 2.05) is 0 Å². The van der Waals surface area contributed by atoms with E-state index < -0.39 is 36.4 Å². The number of carbonyl (C=O) groups is 1. The average molecular weight is 395 g/mol. The summed E-state index contributed by atoms with van der Waals surface area (Å²) in [6.07, 6.45) is -1.44. The fourth-order valence-corrected chi connectivity index (χ4v) is 5.77. The Morgan fingerprint density at radius 3 is 1.81 bits per heavy atom. The maximum Gasteiger partial charge on any atom is 0.424 e. The van der Waals surface area contributed by atoms with Crippen LogP contribution in [0.3, 0.4) is 0 Å². The first-order valence-electron chi connectivity index (χ1n) is 7.95. The number of hydrogen-bond acceptors (Lipinski definition) is 4. The summed E-state index contributed by atoms with van der Waals surface area (Å²) in [5, 5.41) is 0.982. The van der Waals surface area contributed by atoms with E-state index in [1.165, 1.54) is 0 Å². The van der Waals surface area contributed by atoms with Gasteiger partial charge in [0.15, 0.2) is 7.14 Å². The van der Waals surface area contributed by atoms with Gasteiger partial charge in [-0.2, -0.15) is 4.31 Å². The minimum Gasteiger partial charge on any atom is -0.443 e. The van der Waals surface area contributed by atoms with Gasteiger partial charge in [-0.25, -0.2) is 9.00 Å². The molecule has 8 heteroatoms. The summed E-state index contributed by atoms with van der Waals surface area (Å²) in [5.41, 5.74) is -0.849. The summed E-state index contributed by atoms with van der Waals surface area (Å²) in [4.78, 5) is 12.4. The van der Waals surface area contributed by atoms with Crippen LogP contribution in [-0.2, 0) is 20.6 Å². The van der Waals surface area contributed by atoms with Gasteiger partial charge in [-0.1, -0.05) is 60.7 Å². The van der Waals surface area contributed by atoms with E-state index in [9.17, 15) is 18.1 Å². The second kappa shape index (κ2) is 8.16. The van der Waals surface area contributed by atoms with E-state index in [2.05, 4.69) is 0 Å². The summed E-state index contributed by atoms with van der Waals surface area (Å²) in [6, 6.07) is 17.2. The highest BCUT2D eigenvalue weighted by atomic mass is 32.2. The van der Waals surface area contributed by atoms with Crippen molar-refractivity contribution < 1.29 is 22.9 Å². The molecule has 0 fully saturated rings. The first-order chi connectivity index (χ1) is 12.1. The van der Waals surface area contributed by atoms with E-state index in [0.29, 0.717) is 14.9 Å². The van der Waals surface area contributed by atoms with Gasteiger partial charge < -0.3 is 9.30 Å². The van der Waals surface area contributed by atoms with Crippen molar-refractivity contribution in [3.05, 3.63) is 60.7 Å². The van der Waals surface area contributed by atoms with E-state index >= 15 is 0 Å². The molecule has 0 aromatic heterocycles. The number of hydrogen-bond donors (Lipinski definition) is 1. The zero-order valence-electron chi connectivity index (χ0n) is 14.9. The van der Waals surface area contributed by atoms with Crippen LogP contribution in [-0.4, -0.2) is 31.0 Å². The molecule has 0 aliphatic carbocycles. The van der Waals surface area contributed by atoms with Crippen LogP contribution in [0.15, 0.2) is 60.7 Å². The predicted octanol–water partition coefficient (Wildman–Crippen LogP) is 3.33. The van der Waals surface area contributed by atoms with Crippen molar-refractivity contribution in [2.75, 3.05) is 6.29 Å². The summed E-state index contributed by atoms with van der Waals surface area (Å²) >= 11 is -2.68. The Bertz CT molecular complexity index is 777. The molecule has 2 aromatic rings. The highest BCUT2D eigenvalue weighted by Crippen LogP contribution is 2.44. The van der Waals surface area contributed by atoms with Gasteiger partial charge in [0.25, 0.3) is 11.3 Å². The summed E-state index contributed by atoms with van der Waals surface area (Å²) < 4.78 is 41.1. The third-order valence-corrected chi connectivity index (χ3v) is 7.25. The van der Waals surface area contributed by atoms with Crippen LogP contribution in [0.25, 0.3) is 0 Å². The van der Waals surface area contributed by atoms with E-state index in [4.69, 9.17) is 4.74 Å². The monoisotopic (exact) mass is 395 g/mol. The topological polar surface area (TPSA) is 83.9 Å². The third kappa shape index (κ3) is 5.04. The van der Waals surface area contributed by atoms with Crippen molar-refractivity contribution in [3.8, 4) is 0 Å². The average Bonchev–Trinajstić information content (AvgIpc) is 2.59. The van der Waals surface area contributed by atoms with Gasteiger partial charge in [0.2, 0.25) is 0 Å². The highest BCUT2D eigenvalue weighted by molar-refractivity contribution is 7.81. The number of amides is 1. The van der Waals surface area contributed by atoms with E-state index in [0.717, 1.165) is 0 Å². The van der Waals surface area contributed by atoms with Gasteiger partial charge in [0.05, 0.1) is 0 Å². The van der Waals surface area contributed by atoms with Crippen molar-refractivity contribution in [1.82, 2.24) is 4.31 Å². The number of ether oxygens (including phenoxy) is 1. The Kier molecular flexibility index (Phi) is 6.39. The first-order valence-corrected chi connectivity index (χ1v) is 10.9. The SMILES string of the molecule is CC(C)(C)OC(=O)N(CP(=O)(c1ccccc1)c1ccccc1)S(=O)O. The van der Waals surface area contributed by atoms with Crippen molar-refractivity contribution in [3.63, 3.8) is 0 Å². The molecule has 2 aromatic carbocycles. The van der Waals surface area contributed by atoms with Crippen molar-refractivity contribution in [2.24, 2.45) is 0 Å². The Labute approximate surface area is 156 Å². The molecule has 6 nitrogen and oxygen atoms in total. The van der Waals surface area contributed by atoms with Crippen LogP contribution in [0.4, 0.5) is 4.79 Å². The summed E-state index contributed by atoms with van der Waals surface area (Å²) in [7, 11) is -3.38. The molecule has 0 radical (unpaired) electrons. The summed E-state index contributed by atoms with van der Waals surface area (Å²) in [5.74, 6) is 0. The Morgan fingerprint density at radius 1 is 1.04 bits per heavy atom. The molecule has 1 amide bonds. The Hall–Kier alpha value is -1.95. The molecule has 0 heterocycles. The van der Waals surface area contributed by atoms with Crippen LogP contribution in [0.5, 0.6) is 0 Å². The van der Waals surface area contributed by atoms with Crippen LogP contribution >= 0.6 is 7.14 Å². The van der Waals surface area contributed by atoms with Crippen LogP contribution < -0.4 is 10.6 Å². The highest BCUT2D eigenvalue weighted by Gasteiger charge is 2.36. The fraction of sp³-hybridized carbons (Fsp3) is 0.278. The standard InChI is InChI=1S/C18H22NO5PS/c1-18(2,3)24-17(20)19(26(22)23)14-25(21,15-10-6-4-7-11-15)16-12-8-5-9-13-16/h4-13H,14H2,1-3H3,(H,22,23). The molecule has 1 atom stereocenters. The molecule has 0 saturated heterocycles. The lowest BCUT2D eigenvalue weighted by molar-refractivity contribution is 0.0409. The quantitative estimate of drug-likeness (QED) is 0.620. The van der Waals surface area contributed by atoms with Crippen molar-refractivity contribution >= 4 is 35.1 Å². The molecule has 0 bridgehead atoms. The number of nitrogens with zero attached hydrogens (tertiary/aromatic N) is 1. The molecular formula is C18H22NO5PS. The van der Waals surface area contributed by atoms with Crippen molar-refractivity contribution in [2.45, 2.75) is 26.4 Å². The molecule has 140 valence electrons. The zero-order chi connectivity index (χ0) is 19.4. The predicted molar refractivity (Wildman–Crippen MR) is 103 cm³/mol. The maximum atomic E-state index is 13.9. The summed E-state index contributed by atoms with van der Waals surface area (Å²) in [6.45, 7) is 4.95. The molecular weight excluding hydrogens is 373 g/mol. The lowest BCUT2D eigenvalue weighted by atomic mass is 10.2. The molecule has 2 rings (SSSR count). The lowest BCUT2D eigenvalue weighted by Gasteiger charge is -2.28. The smallest absolute Gasteiger partial charge is 0.424 e. The van der Waals surface area contributed by atoms with E-state index in [-0.39, 0.29) is 0 Å². The number of carbonyl (C=O) groups excluding carboxylic acids is 1. The second-order valence-corrected chi connectivity index (χ2v) is 10.3. The first kappa shape index (κ1) is 20.4. The second-order valence-electron chi connectivity index (χ2n) is 6.64. The van der Waals surface area contributed by atoms with E-state index in [1.54, 1.807) is 81.4 Å². The molecule has 0 aliphatic rings. The minimum absolute atomic E-state index is 0.445. The number of rotatable bonds is 5. The molecule has 0 aliphatic heterocycles. The molecule has 26 heavy (non-hydrogen) atoms. The van der Waals surface area contributed by atoms with Gasteiger partial charge in [0.1, 0.15) is 11.9 Å². The van der Waals surface area contributed by atoms with Gasteiger partial charge in [0, 0.05) is 10.6 Å². The Morgan fingerprint density at radius 2 is 1.46 bits per heavy atom. The van der Waals surface area contributed by atoms with Gasteiger partial charge in [-0.3, -0.25) is 4.55 Å². The Balaban J connectivity index is 2.47. The van der Waals surface area contributed by atoms with Crippen molar-refractivity contribution in [1.29, 1.82) is 0 Å². The normalized spacial score (nSPS) is 13.1. The largest absolute Gasteiger partial charge is 0.443 e. The van der Waals surface area contributed by atoms with Gasteiger partial charge in [-0.05, 0) is 20.8 Å². The van der Waals surface area contributed by atoms with Gasteiger partial charge in [-0.15, -0.1) is 0 Å². The molecule has 1 N–H and O–H groups in total. The third-order valence-electron chi connectivity index (χ3n) is 3.46. The van der Waals surface area contributed by atoms with Crippen LogP contribution in [0.2, 0.25) is 0 Å². The van der Waals surface area contributed by atoms with Crippen LogP contribution in [0.1, 0.15) is 20.8 Å². The zero-order valence-corrected chi connectivity index (χ0v) is 16.6. The maximum absolute atomic E-state index is 13.9. The molecule has 1 unspecified atom stereocenters. The number of benzene rings is 2. The van der Waals surface area contributed by atoms with Crippen LogP contribution in [0, 0.1) is 0 Å². The van der Waals surface area contributed by atoms with Gasteiger partial charge >= 0.3 is 6.09 Å². The fourth-order valence-electron chi connectivity index (χ4n) is 2.31. The lowest BCUT2D eigenvalue weighted by Crippen LogP contribution is -2.40. The molecule has 0 saturated carbocycles. The minimum atomic E-state index is -3.38.